The Bertz CT molecular complexity index is 1070. The lowest BCUT2D eigenvalue weighted by Crippen LogP contribution is -2.39. The number of nitrogens with one attached hydrogen (secondary N) is 1. The molecule has 164 valence electrons. The molecule has 4 rings (SSSR count). The maximum Gasteiger partial charge on any atom is 0.227 e. The number of nitrogens with zero attached hydrogens (tertiary/aromatic N) is 3. The third kappa shape index (κ3) is 4.02. The van der Waals surface area contributed by atoms with Gasteiger partial charge in [0.05, 0.1) is 49.8 Å². The zero-order valence-corrected chi connectivity index (χ0v) is 18.4. The van der Waals surface area contributed by atoms with Gasteiger partial charge in [-0.3, -0.25) is 9.89 Å². The minimum atomic E-state index is -0.0971. The van der Waals surface area contributed by atoms with Gasteiger partial charge in [-0.2, -0.15) is 5.10 Å². The molecule has 1 fully saturated rings. The summed E-state index contributed by atoms with van der Waals surface area (Å²) in [7, 11) is 3.22. The normalized spacial score (nSPS) is 16.4. The summed E-state index contributed by atoms with van der Waals surface area (Å²) >= 11 is 0. The van der Waals surface area contributed by atoms with Gasteiger partial charge in [-0.25, -0.2) is 0 Å². The van der Waals surface area contributed by atoms with E-state index in [-0.39, 0.29) is 18.4 Å². The van der Waals surface area contributed by atoms with Gasteiger partial charge in [0.15, 0.2) is 5.76 Å². The average molecular weight is 425 g/mol. The zero-order valence-electron chi connectivity index (χ0n) is 18.4. The highest BCUT2D eigenvalue weighted by atomic mass is 16.5. The van der Waals surface area contributed by atoms with E-state index in [2.05, 4.69) is 15.4 Å². The largest absolute Gasteiger partial charge is 0.497 e. The molecule has 0 spiro atoms. The Morgan fingerprint density at radius 1 is 1.26 bits per heavy atom. The van der Waals surface area contributed by atoms with Crippen molar-refractivity contribution in [3.05, 3.63) is 46.9 Å². The molecule has 0 radical (unpaired) electrons. The Labute approximate surface area is 181 Å². The molecule has 1 atom stereocenters. The van der Waals surface area contributed by atoms with E-state index < -0.39 is 0 Å². The van der Waals surface area contributed by atoms with E-state index in [0.717, 1.165) is 47.3 Å². The number of aromatic amines is 1. The van der Waals surface area contributed by atoms with Gasteiger partial charge in [0.2, 0.25) is 5.91 Å². The molecular weight excluding hydrogens is 396 g/mol. The lowest BCUT2D eigenvalue weighted by Gasteiger charge is -2.35. The second-order valence-electron chi connectivity index (χ2n) is 7.87. The first-order valence-corrected chi connectivity index (χ1v) is 10.5. The minimum Gasteiger partial charge on any atom is -0.497 e. The van der Waals surface area contributed by atoms with Crippen LogP contribution >= 0.6 is 0 Å². The molecular formula is C23H28N4O4. The van der Waals surface area contributed by atoms with Crippen LogP contribution in [0.1, 0.15) is 47.8 Å². The minimum absolute atomic E-state index is 0.0438. The van der Waals surface area contributed by atoms with Crippen LogP contribution in [-0.2, 0) is 11.2 Å². The maximum atomic E-state index is 13.4. The van der Waals surface area contributed by atoms with Gasteiger partial charge in [0.1, 0.15) is 11.5 Å². The predicted octanol–water partition coefficient (Wildman–Crippen LogP) is 4.00. The number of methoxy groups -OCH3 is 2. The van der Waals surface area contributed by atoms with Crippen molar-refractivity contribution in [2.75, 3.05) is 20.8 Å². The van der Waals surface area contributed by atoms with E-state index in [1.54, 1.807) is 20.4 Å². The number of aryl methyl sites for hydroxylation is 1. The predicted molar refractivity (Wildman–Crippen MR) is 115 cm³/mol. The molecule has 0 unspecified atom stereocenters. The van der Waals surface area contributed by atoms with Crippen LogP contribution in [0.2, 0.25) is 0 Å². The number of likely N-dealkylation sites (tertiary alicyclic amines) is 1. The van der Waals surface area contributed by atoms with Crippen LogP contribution in [0.25, 0.3) is 11.3 Å². The Kier molecular flexibility index (Phi) is 5.97. The number of aromatic nitrogens is 3. The number of hydrogen-bond acceptors (Lipinski definition) is 6. The molecule has 3 heterocycles. The van der Waals surface area contributed by atoms with Crippen LogP contribution in [-0.4, -0.2) is 46.9 Å². The van der Waals surface area contributed by atoms with Crippen molar-refractivity contribution in [1.82, 2.24) is 20.3 Å². The monoisotopic (exact) mass is 424 g/mol. The molecule has 1 amide bonds. The fourth-order valence-electron chi connectivity index (χ4n) is 4.21. The highest BCUT2D eigenvalue weighted by molar-refractivity contribution is 5.80. The van der Waals surface area contributed by atoms with Crippen molar-refractivity contribution < 1.29 is 18.8 Å². The molecule has 1 saturated heterocycles. The molecule has 8 nitrogen and oxygen atoms in total. The molecule has 1 aliphatic rings. The lowest BCUT2D eigenvalue weighted by molar-refractivity contribution is -0.134. The average Bonchev–Trinajstić information content (AvgIpc) is 3.40. The van der Waals surface area contributed by atoms with Gasteiger partial charge in [0.25, 0.3) is 0 Å². The summed E-state index contributed by atoms with van der Waals surface area (Å²) < 4.78 is 16.4. The van der Waals surface area contributed by atoms with Crippen LogP contribution in [0.4, 0.5) is 0 Å². The van der Waals surface area contributed by atoms with Gasteiger partial charge in [-0.15, -0.1) is 0 Å². The number of amides is 1. The van der Waals surface area contributed by atoms with Gasteiger partial charge >= 0.3 is 0 Å². The second-order valence-corrected chi connectivity index (χ2v) is 7.87. The van der Waals surface area contributed by atoms with Crippen LogP contribution in [0.3, 0.4) is 0 Å². The highest BCUT2D eigenvalue weighted by Crippen LogP contribution is 2.38. The SMILES string of the molecule is COc1ccc(OC)c(CC(=O)N2CCCC[C@@H]2c2[nH]ncc2-c2onc(C)c2C)c1. The van der Waals surface area contributed by atoms with Gasteiger partial charge in [-0.1, -0.05) is 5.16 Å². The standard InChI is InChI=1S/C23H28N4O4/c1-14-15(2)26-31-23(14)18-13-24-25-22(18)19-7-5-6-10-27(19)21(28)12-16-11-17(29-3)8-9-20(16)30-4/h8-9,11,13,19H,5-7,10,12H2,1-4H3,(H,24,25)/t19-/m1/s1. The van der Waals surface area contributed by atoms with E-state index in [1.807, 2.05) is 36.9 Å². The quantitative estimate of drug-likeness (QED) is 0.643. The summed E-state index contributed by atoms with van der Waals surface area (Å²) in [5.74, 6) is 2.12. The van der Waals surface area contributed by atoms with Gasteiger partial charge in [-0.05, 0) is 51.3 Å². The van der Waals surface area contributed by atoms with Crippen molar-refractivity contribution >= 4 is 5.91 Å². The molecule has 1 N–H and O–H groups in total. The number of benzene rings is 1. The maximum absolute atomic E-state index is 13.4. The first kappa shape index (κ1) is 21.0. The summed E-state index contributed by atoms with van der Waals surface area (Å²) in [4.78, 5) is 15.4. The molecule has 1 aromatic carbocycles. The Morgan fingerprint density at radius 3 is 2.81 bits per heavy atom. The summed E-state index contributed by atoms with van der Waals surface area (Å²) in [6.45, 7) is 4.60. The number of carbonyl (C=O) groups is 1. The fourth-order valence-corrected chi connectivity index (χ4v) is 4.21. The number of carbonyl (C=O) groups excluding carboxylic acids is 1. The van der Waals surface area contributed by atoms with Crippen LogP contribution in [0.15, 0.2) is 28.9 Å². The zero-order chi connectivity index (χ0) is 22.0. The molecule has 31 heavy (non-hydrogen) atoms. The summed E-state index contributed by atoms with van der Waals surface area (Å²) in [6.07, 6.45) is 4.87. The number of rotatable bonds is 6. The summed E-state index contributed by atoms with van der Waals surface area (Å²) in [5.41, 5.74) is 4.40. The number of hydrogen-bond donors (Lipinski definition) is 1. The molecule has 2 aromatic heterocycles. The van der Waals surface area contributed by atoms with Crippen LogP contribution in [0, 0.1) is 13.8 Å². The van der Waals surface area contributed by atoms with Gasteiger partial charge in [0, 0.05) is 17.7 Å². The van der Waals surface area contributed by atoms with Crippen LogP contribution < -0.4 is 9.47 Å². The van der Waals surface area contributed by atoms with Gasteiger partial charge < -0.3 is 18.9 Å². The van der Waals surface area contributed by atoms with Crippen molar-refractivity contribution in [1.29, 1.82) is 0 Å². The molecule has 0 aliphatic carbocycles. The molecule has 1 aliphatic heterocycles. The second kappa shape index (κ2) is 8.83. The molecule has 0 bridgehead atoms. The molecule has 0 saturated carbocycles. The molecule has 3 aromatic rings. The Balaban J connectivity index is 1.63. The van der Waals surface area contributed by atoms with Crippen molar-refractivity contribution in [2.45, 2.75) is 45.6 Å². The first-order chi connectivity index (χ1) is 15.0. The third-order valence-corrected chi connectivity index (χ3v) is 6.06. The van der Waals surface area contributed by atoms with Crippen LogP contribution in [0.5, 0.6) is 11.5 Å². The Hall–Kier alpha value is -3.29. The lowest BCUT2D eigenvalue weighted by atomic mass is 9.94. The smallest absolute Gasteiger partial charge is 0.227 e. The van der Waals surface area contributed by atoms with Crippen molar-refractivity contribution in [3.8, 4) is 22.8 Å². The fraction of sp³-hybridized carbons (Fsp3) is 0.435. The highest BCUT2D eigenvalue weighted by Gasteiger charge is 2.32. The number of piperidine rings is 1. The first-order valence-electron chi connectivity index (χ1n) is 10.5. The summed E-state index contributed by atoms with van der Waals surface area (Å²) in [6, 6.07) is 5.42. The van der Waals surface area contributed by atoms with E-state index in [4.69, 9.17) is 14.0 Å². The third-order valence-electron chi connectivity index (χ3n) is 6.06. The van der Waals surface area contributed by atoms with E-state index in [1.165, 1.54) is 0 Å². The van der Waals surface area contributed by atoms with E-state index >= 15 is 0 Å². The Morgan fingerprint density at radius 2 is 2.10 bits per heavy atom. The van der Waals surface area contributed by atoms with E-state index in [0.29, 0.717) is 23.8 Å². The number of ether oxygens (including phenoxy) is 2. The topological polar surface area (TPSA) is 93.5 Å². The van der Waals surface area contributed by atoms with Crippen molar-refractivity contribution in [2.24, 2.45) is 0 Å². The molecule has 8 heteroatoms. The van der Waals surface area contributed by atoms with Crippen molar-refractivity contribution in [3.63, 3.8) is 0 Å². The summed E-state index contributed by atoms with van der Waals surface area (Å²) in [5, 5.41) is 11.5. The number of H-pyrrole nitrogens is 1. The van der Waals surface area contributed by atoms with E-state index in [9.17, 15) is 4.79 Å².